The van der Waals surface area contributed by atoms with E-state index in [1.807, 2.05) is 6.92 Å². The molecule has 0 aliphatic heterocycles. The molecule has 0 amide bonds. The van der Waals surface area contributed by atoms with Crippen LogP contribution in [0.3, 0.4) is 0 Å². The summed E-state index contributed by atoms with van der Waals surface area (Å²) < 4.78 is 0. The third-order valence-corrected chi connectivity index (χ3v) is 2.47. The monoisotopic (exact) mass is 193 g/mol. The van der Waals surface area contributed by atoms with Crippen LogP contribution in [-0.4, -0.2) is 0 Å². The third kappa shape index (κ3) is 1.39. The Balaban J connectivity index is 3.34. The summed E-state index contributed by atoms with van der Waals surface area (Å²) in [5.41, 5.74) is 0.798. The van der Waals surface area contributed by atoms with Crippen molar-refractivity contribution in [1.29, 1.82) is 0 Å². The molecule has 10 heavy (non-hydrogen) atoms. The van der Waals surface area contributed by atoms with Crippen molar-refractivity contribution in [3.8, 4) is 0 Å². The normalized spacial score (nSPS) is 10.0. The van der Waals surface area contributed by atoms with E-state index in [1.54, 1.807) is 6.07 Å². The Labute approximate surface area is 74.7 Å². The molecule has 0 spiro atoms. The molecule has 1 aromatic rings. The van der Waals surface area contributed by atoms with Crippen molar-refractivity contribution in [2.75, 3.05) is 0 Å². The van der Waals surface area contributed by atoms with E-state index in [1.165, 1.54) is 0 Å². The molecule has 0 N–H and O–H groups in total. The van der Waals surface area contributed by atoms with E-state index in [-0.39, 0.29) is 0 Å². The topological polar surface area (TPSA) is 0 Å². The van der Waals surface area contributed by atoms with Crippen LogP contribution in [0.25, 0.3) is 0 Å². The van der Waals surface area contributed by atoms with Gasteiger partial charge in [-0.15, -0.1) is 0 Å². The van der Waals surface area contributed by atoms with Crippen molar-refractivity contribution in [1.82, 2.24) is 0 Å². The zero-order valence-electron chi connectivity index (χ0n) is 5.21. The Kier molecular flexibility index (Phi) is 2.45. The molecule has 0 saturated heterocycles. The second kappa shape index (κ2) is 3.00. The molecule has 0 heterocycles. The van der Waals surface area contributed by atoms with Gasteiger partial charge in [0.25, 0.3) is 0 Å². The third-order valence-electron chi connectivity index (χ3n) is 1.21. The number of halogens is 3. The maximum atomic E-state index is 5.74. The summed E-state index contributed by atoms with van der Waals surface area (Å²) in [6.07, 6.45) is 0. The number of benzene rings is 1. The molecule has 0 saturated carbocycles. The fourth-order valence-electron chi connectivity index (χ4n) is 0.568. The zero-order valence-corrected chi connectivity index (χ0v) is 7.48. The molecular weight excluding hydrogens is 190 g/mol. The van der Waals surface area contributed by atoms with Crippen LogP contribution >= 0.6 is 34.8 Å². The highest BCUT2D eigenvalue weighted by Crippen LogP contribution is 2.29. The van der Waals surface area contributed by atoms with Crippen LogP contribution in [0.1, 0.15) is 5.56 Å². The van der Waals surface area contributed by atoms with E-state index in [4.69, 9.17) is 34.8 Å². The van der Waals surface area contributed by atoms with Crippen molar-refractivity contribution in [2.45, 2.75) is 6.92 Å². The summed E-state index contributed by atoms with van der Waals surface area (Å²) in [6.45, 7) is 1.81. The van der Waals surface area contributed by atoms with E-state index in [0.717, 1.165) is 5.56 Å². The minimum absolute atomic E-state index is 0.420. The summed E-state index contributed by atoms with van der Waals surface area (Å²) in [6, 6.07) is 4.31. The average Bonchev–Trinajstić information content (AvgIpc) is 1.93. The SMILES string of the molecule is Cc1c(Cl)c[c]c(Cl)c1Cl. The van der Waals surface area contributed by atoms with E-state index in [2.05, 4.69) is 6.07 Å². The van der Waals surface area contributed by atoms with Crippen LogP contribution in [-0.2, 0) is 0 Å². The second-order valence-corrected chi connectivity index (χ2v) is 3.05. The van der Waals surface area contributed by atoms with Gasteiger partial charge in [0, 0.05) is 11.1 Å². The molecular formula is C7H4Cl3. The van der Waals surface area contributed by atoms with Gasteiger partial charge in [0.1, 0.15) is 0 Å². The highest BCUT2D eigenvalue weighted by molar-refractivity contribution is 6.43. The number of hydrogen-bond acceptors (Lipinski definition) is 0. The fraction of sp³-hybridized carbons (Fsp3) is 0.143. The molecule has 0 unspecified atom stereocenters. The van der Waals surface area contributed by atoms with Crippen LogP contribution < -0.4 is 0 Å². The van der Waals surface area contributed by atoms with Crippen molar-refractivity contribution in [3.05, 3.63) is 32.8 Å². The predicted molar refractivity (Wildman–Crippen MR) is 45.0 cm³/mol. The van der Waals surface area contributed by atoms with Crippen LogP contribution in [0.4, 0.5) is 0 Å². The number of hydrogen-bond donors (Lipinski definition) is 0. The van der Waals surface area contributed by atoms with Crippen molar-refractivity contribution in [3.63, 3.8) is 0 Å². The first-order valence-electron chi connectivity index (χ1n) is 2.64. The Bertz CT molecular complexity index is 228. The Hall–Kier alpha value is 0.0900. The first-order valence-corrected chi connectivity index (χ1v) is 3.78. The highest BCUT2D eigenvalue weighted by atomic mass is 35.5. The van der Waals surface area contributed by atoms with Crippen molar-refractivity contribution < 1.29 is 0 Å². The summed E-state index contributed by atoms with van der Waals surface area (Å²) in [5.74, 6) is 0. The van der Waals surface area contributed by atoms with Gasteiger partial charge < -0.3 is 0 Å². The summed E-state index contributed by atoms with van der Waals surface area (Å²) in [5, 5.41) is 1.49. The van der Waals surface area contributed by atoms with Gasteiger partial charge in [-0.25, -0.2) is 0 Å². The molecule has 0 aliphatic carbocycles. The maximum Gasteiger partial charge on any atom is 0.0674 e. The molecule has 0 nitrogen and oxygen atoms in total. The van der Waals surface area contributed by atoms with E-state index < -0.39 is 0 Å². The van der Waals surface area contributed by atoms with Crippen LogP contribution in [0, 0.1) is 13.0 Å². The van der Waals surface area contributed by atoms with Gasteiger partial charge in [-0.2, -0.15) is 0 Å². The quantitative estimate of drug-likeness (QED) is 0.552. The lowest BCUT2D eigenvalue weighted by molar-refractivity contribution is 1.47. The lowest BCUT2D eigenvalue weighted by Crippen LogP contribution is -1.77. The van der Waals surface area contributed by atoms with Crippen molar-refractivity contribution in [2.24, 2.45) is 0 Å². The van der Waals surface area contributed by atoms with Gasteiger partial charge in [-0.3, -0.25) is 0 Å². The molecule has 3 heteroatoms. The zero-order chi connectivity index (χ0) is 7.72. The average molecular weight is 194 g/mol. The highest BCUT2D eigenvalue weighted by Gasteiger charge is 2.03. The minimum atomic E-state index is 0.420. The Morgan fingerprint density at radius 1 is 1.30 bits per heavy atom. The predicted octanol–water partition coefficient (Wildman–Crippen LogP) is 3.76. The molecule has 0 bridgehead atoms. The van der Waals surface area contributed by atoms with Crippen LogP contribution in [0.2, 0.25) is 15.1 Å². The van der Waals surface area contributed by atoms with Gasteiger partial charge in [0.2, 0.25) is 0 Å². The lowest BCUT2D eigenvalue weighted by Gasteiger charge is -2.00. The number of rotatable bonds is 0. The molecule has 0 aromatic heterocycles. The standard InChI is InChI=1S/C7H4Cl3/c1-4-5(8)2-3-6(9)7(4)10/h2H,1H3. The van der Waals surface area contributed by atoms with Gasteiger partial charge in [-0.1, -0.05) is 34.8 Å². The molecule has 53 valence electrons. The van der Waals surface area contributed by atoms with Crippen molar-refractivity contribution >= 4 is 34.8 Å². The van der Waals surface area contributed by atoms with Gasteiger partial charge >= 0.3 is 0 Å². The largest absolute Gasteiger partial charge is 0.0840 e. The lowest BCUT2D eigenvalue weighted by atomic mass is 10.2. The van der Waals surface area contributed by atoms with Gasteiger partial charge in [0.05, 0.1) is 10.0 Å². The smallest absolute Gasteiger partial charge is 0.0674 e. The summed E-state index contributed by atoms with van der Waals surface area (Å²) >= 11 is 17.1. The minimum Gasteiger partial charge on any atom is -0.0840 e. The van der Waals surface area contributed by atoms with E-state index in [9.17, 15) is 0 Å². The van der Waals surface area contributed by atoms with Gasteiger partial charge in [-0.05, 0) is 18.6 Å². The van der Waals surface area contributed by atoms with Crippen LogP contribution in [0.15, 0.2) is 6.07 Å². The molecule has 0 aliphatic rings. The fourth-order valence-corrected chi connectivity index (χ4v) is 1.12. The first kappa shape index (κ1) is 8.19. The van der Waals surface area contributed by atoms with E-state index in [0.29, 0.717) is 15.1 Å². The second-order valence-electron chi connectivity index (χ2n) is 1.89. The molecule has 0 fully saturated rings. The maximum absolute atomic E-state index is 5.74. The molecule has 1 radical (unpaired) electrons. The molecule has 1 aromatic carbocycles. The first-order chi connectivity index (χ1) is 4.63. The summed E-state index contributed by atoms with van der Waals surface area (Å²) in [7, 11) is 0. The summed E-state index contributed by atoms with van der Waals surface area (Å²) in [4.78, 5) is 0. The van der Waals surface area contributed by atoms with Gasteiger partial charge in [0.15, 0.2) is 0 Å². The molecule has 0 atom stereocenters. The molecule has 1 rings (SSSR count). The Morgan fingerprint density at radius 2 is 1.90 bits per heavy atom. The Morgan fingerprint density at radius 3 is 2.40 bits per heavy atom. The van der Waals surface area contributed by atoms with Crippen LogP contribution in [0.5, 0.6) is 0 Å². The van der Waals surface area contributed by atoms with E-state index >= 15 is 0 Å².